The average Bonchev–Trinajstić information content (AvgIpc) is 2.93. The first-order chi connectivity index (χ1) is 19.9. The molecule has 0 atom stereocenters. The van der Waals surface area contributed by atoms with Gasteiger partial charge < -0.3 is 0 Å². The minimum atomic E-state index is -0.00360. The van der Waals surface area contributed by atoms with Gasteiger partial charge >= 0.3 is 0 Å². The van der Waals surface area contributed by atoms with Gasteiger partial charge in [-0.3, -0.25) is 9.59 Å². The second kappa shape index (κ2) is 10.1. The molecule has 0 aliphatic heterocycles. The predicted octanol–water partition coefficient (Wildman–Crippen LogP) is 6.01. The van der Waals surface area contributed by atoms with Crippen LogP contribution in [0.4, 0.5) is 0 Å². The molecular formula is C37H48N2O2+2. The Hall–Kier alpha value is -2.36. The Morgan fingerprint density at radius 3 is 1.12 bits per heavy atom. The number of hydrogen-bond donors (Lipinski definition) is 0. The number of ketones is 2. The highest BCUT2D eigenvalue weighted by Crippen LogP contribution is 2.61. The Labute approximate surface area is 245 Å². The van der Waals surface area contributed by atoms with E-state index in [9.17, 15) is 9.59 Å². The number of nitrogens with zero attached hydrogens (tertiary/aromatic N) is 2. The number of carbonyl (C=O) groups is 2. The summed E-state index contributed by atoms with van der Waals surface area (Å²) in [5, 5.41) is 0. The first kappa shape index (κ1) is 26.3. The van der Waals surface area contributed by atoms with E-state index < -0.39 is 0 Å². The van der Waals surface area contributed by atoms with Crippen molar-refractivity contribution in [3.8, 4) is 0 Å². The van der Waals surface area contributed by atoms with Gasteiger partial charge in [-0.25, -0.2) is 0 Å². The summed E-state index contributed by atoms with van der Waals surface area (Å²) >= 11 is 0. The van der Waals surface area contributed by atoms with Crippen LogP contribution in [0.3, 0.4) is 0 Å². The van der Waals surface area contributed by atoms with Crippen LogP contribution in [0.25, 0.3) is 0 Å². The molecule has 0 amide bonds. The predicted molar refractivity (Wildman–Crippen MR) is 157 cm³/mol. The van der Waals surface area contributed by atoms with Gasteiger partial charge in [-0.1, -0.05) is 0 Å². The molecule has 8 bridgehead atoms. The number of hydrogen-bond acceptors (Lipinski definition) is 2. The molecule has 4 heteroatoms. The lowest BCUT2D eigenvalue weighted by Crippen LogP contribution is -2.53. The van der Waals surface area contributed by atoms with E-state index in [1.54, 1.807) is 0 Å². The van der Waals surface area contributed by atoms with Gasteiger partial charge in [0.25, 0.3) is 0 Å². The van der Waals surface area contributed by atoms with Crippen LogP contribution in [0, 0.1) is 46.3 Å². The number of rotatable bonds is 10. The summed E-state index contributed by atoms with van der Waals surface area (Å²) < 4.78 is 4.23. The molecule has 8 aliphatic carbocycles. The number of aryl methyl sites for hydroxylation is 2. The number of pyridine rings is 2. The fourth-order valence-electron chi connectivity index (χ4n) is 11.6. The first-order valence-electron chi connectivity index (χ1n) is 16.9. The third-order valence-corrected chi connectivity index (χ3v) is 12.8. The van der Waals surface area contributed by atoms with Crippen molar-refractivity contribution in [1.29, 1.82) is 0 Å². The Balaban J connectivity index is 0.812. The van der Waals surface area contributed by atoms with Gasteiger partial charge in [0.1, 0.15) is 0 Å². The normalized spacial score (nSPS) is 38.0. The highest BCUT2D eigenvalue weighted by atomic mass is 16.1. The Kier molecular flexibility index (Phi) is 6.49. The Morgan fingerprint density at radius 2 is 0.829 bits per heavy atom. The second-order valence-corrected chi connectivity index (χ2v) is 15.9. The van der Waals surface area contributed by atoms with E-state index in [2.05, 4.69) is 58.2 Å². The summed E-state index contributed by atoms with van der Waals surface area (Å²) in [7, 11) is 0. The molecule has 0 aromatic carbocycles. The minimum absolute atomic E-state index is 0.00360. The molecule has 8 saturated carbocycles. The summed E-state index contributed by atoms with van der Waals surface area (Å²) in [5.74, 6) is 5.92. The molecule has 216 valence electrons. The van der Waals surface area contributed by atoms with E-state index >= 15 is 0 Å². The van der Waals surface area contributed by atoms with Gasteiger partial charge in [0.15, 0.2) is 24.8 Å². The van der Waals surface area contributed by atoms with E-state index in [0.717, 1.165) is 93.3 Å². The molecule has 8 fully saturated rings. The Bertz CT molecular complexity index is 1140. The van der Waals surface area contributed by atoms with Gasteiger partial charge in [0, 0.05) is 35.1 Å². The highest BCUT2D eigenvalue weighted by Gasteiger charge is 2.56. The van der Waals surface area contributed by atoms with Crippen molar-refractivity contribution in [3.05, 3.63) is 60.2 Å². The molecular weight excluding hydrogens is 504 g/mol. The lowest BCUT2D eigenvalue weighted by atomic mass is 9.48. The standard InChI is InChI=1S/C37H48N2O2/c40-34(36-18-28-12-29(19-36)14-30(13-28)20-36)24-38-8-4-26(5-9-38)2-1-3-27-6-10-39(11-7-27)25-35(41)37-21-31-15-32(22-37)17-33(16-31)23-37/h4-11,28-33H,1-3,12-25H2/q+2. The molecule has 0 unspecified atom stereocenters. The molecule has 0 saturated heterocycles. The van der Waals surface area contributed by atoms with E-state index in [-0.39, 0.29) is 10.8 Å². The summed E-state index contributed by atoms with van der Waals surface area (Å²) in [6, 6.07) is 8.84. The number of Topliss-reactive ketones (excluding diaryl/α,β-unsaturated/α-hetero) is 2. The lowest BCUT2D eigenvalue weighted by Gasteiger charge is -2.55. The summed E-state index contributed by atoms with van der Waals surface area (Å²) in [4.78, 5) is 26.9. The zero-order valence-corrected chi connectivity index (χ0v) is 24.8. The van der Waals surface area contributed by atoms with Crippen LogP contribution in [-0.2, 0) is 35.5 Å². The maximum Gasteiger partial charge on any atom is 0.207 e. The maximum absolute atomic E-state index is 13.5. The van der Waals surface area contributed by atoms with Crippen LogP contribution in [0.5, 0.6) is 0 Å². The number of carbonyl (C=O) groups excluding carboxylic acids is 2. The monoisotopic (exact) mass is 552 g/mol. The third-order valence-electron chi connectivity index (χ3n) is 12.8. The zero-order chi connectivity index (χ0) is 27.6. The fraction of sp³-hybridized carbons (Fsp3) is 0.676. The van der Waals surface area contributed by atoms with Gasteiger partial charge in [0.2, 0.25) is 24.7 Å². The molecule has 0 spiro atoms. The van der Waals surface area contributed by atoms with Gasteiger partial charge in [-0.15, -0.1) is 0 Å². The fourth-order valence-corrected chi connectivity index (χ4v) is 11.6. The number of aromatic nitrogens is 2. The van der Waals surface area contributed by atoms with E-state index in [1.807, 2.05) is 0 Å². The van der Waals surface area contributed by atoms with Crippen molar-refractivity contribution in [2.24, 2.45) is 46.3 Å². The van der Waals surface area contributed by atoms with Crippen LogP contribution < -0.4 is 9.13 Å². The van der Waals surface area contributed by atoms with E-state index in [4.69, 9.17) is 0 Å². The largest absolute Gasteiger partial charge is 0.292 e. The van der Waals surface area contributed by atoms with Gasteiger partial charge in [0.05, 0.1) is 0 Å². The molecule has 2 aromatic heterocycles. The zero-order valence-electron chi connectivity index (χ0n) is 24.8. The van der Waals surface area contributed by atoms with Gasteiger partial charge in [-0.2, -0.15) is 9.13 Å². The molecule has 10 rings (SSSR count). The van der Waals surface area contributed by atoms with Crippen molar-refractivity contribution in [2.45, 2.75) is 109 Å². The van der Waals surface area contributed by atoms with Crippen LogP contribution in [0.2, 0.25) is 0 Å². The van der Waals surface area contributed by atoms with Crippen molar-refractivity contribution >= 4 is 11.6 Å². The topological polar surface area (TPSA) is 41.9 Å². The lowest BCUT2D eigenvalue weighted by molar-refractivity contribution is -0.685. The third kappa shape index (κ3) is 5.01. The maximum atomic E-state index is 13.5. The summed E-state index contributed by atoms with van der Waals surface area (Å²) in [6.07, 6.45) is 27.0. The summed E-state index contributed by atoms with van der Waals surface area (Å²) in [5.41, 5.74) is 2.68. The molecule has 41 heavy (non-hydrogen) atoms. The van der Waals surface area contributed by atoms with E-state index in [1.165, 1.54) is 49.7 Å². The van der Waals surface area contributed by atoms with Crippen molar-refractivity contribution in [2.75, 3.05) is 0 Å². The molecule has 4 nitrogen and oxygen atoms in total. The molecule has 0 N–H and O–H groups in total. The first-order valence-corrected chi connectivity index (χ1v) is 16.9. The molecule has 2 aromatic rings. The van der Waals surface area contributed by atoms with Gasteiger partial charge in [-0.05, 0) is 143 Å². The SMILES string of the molecule is O=C(C[n+]1ccc(CCCc2cc[n+](CC(=O)C34CC5CC(CC(C5)C3)C4)cc2)cc1)C12CC3CC(CC(C3)C1)C2. The van der Waals surface area contributed by atoms with Crippen molar-refractivity contribution < 1.29 is 18.7 Å². The average molecular weight is 553 g/mol. The van der Waals surface area contributed by atoms with Crippen molar-refractivity contribution in [3.63, 3.8) is 0 Å². The second-order valence-electron chi connectivity index (χ2n) is 15.9. The molecule has 2 heterocycles. The molecule has 0 radical (unpaired) electrons. The van der Waals surface area contributed by atoms with Crippen LogP contribution in [0.1, 0.15) is 94.6 Å². The van der Waals surface area contributed by atoms with Crippen LogP contribution in [-0.4, -0.2) is 11.6 Å². The van der Waals surface area contributed by atoms with Crippen LogP contribution in [0.15, 0.2) is 49.1 Å². The van der Waals surface area contributed by atoms with Crippen LogP contribution >= 0.6 is 0 Å². The van der Waals surface area contributed by atoms with E-state index in [0.29, 0.717) is 24.7 Å². The van der Waals surface area contributed by atoms with Crippen molar-refractivity contribution in [1.82, 2.24) is 0 Å². The quantitative estimate of drug-likeness (QED) is 0.339. The minimum Gasteiger partial charge on any atom is -0.292 e. The summed E-state index contributed by atoms with van der Waals surface area (Å²) in [6.45, 7) is 1.09. The highest BCUT2D eigenvalue weighted by molar-refractivity contribution is 5.84. The Morgan fingerprint density at radius 1 is 0.537 bits per heavy atom. The molecule has 8 aliphatic rings. The smallest absolute Gasteiger partial charge is 0.207 e.